The van der Waals surface area contributed by atoms with Gasteiger partial charge in [0.1, 0.15) is 29.9 Å². The lowest BCUT2D eigenvalue weighted by Crippen LogP contribution is -2.57. The fraction of sp³-hybridized carbons (Fsp3) is 0.538. The molecule has 2 rings (SSSR count). The number of thioether (sulfide) groups is 1. The smallest absolute Gasteiger partial charge is 0.136 e. The molecule has 1 aromatic rings. The maximum Gasteiger partial charge on any atom is 0.136 e. The lowest BCUT2D eigenvalue weighted by molar-refractivity contribution is -0.205. The summed E-state index contributed by atoms with van der Waals surface area (Å²) in [6, 6.07) is 7.65. The van der Waals surface area contributed by atoms with Crippen molar-refractivity contribution in [3.8, 4) is 0 Å². The second-order valence-corrected chi connectivity index (χ2v) is 5.80. The van der Waals surface area contributed by atoms with Gasteiger partial charge in [-0.1, -0.05) is 29.5 Å². The second kappa shape index (κ2) is 6.21. The molecule has 19 heavy (non-hydrogen) atoms. The van der Waals surface area contributed by atoms with Crippen LogP contribution in [-0.4, -0.2) is 56.9 Å². The number of rotatable bonds is 3. The summed E-state index contributed by atoms with van der Waals surface area (Å²) < 4.78 is 5.42. The highest BCUT2D eigenvalue weighted by Crippen LogP contribution is 2.33. The van der Waals surface area contributed by atoms with Gasteiger partial charge < -0.3 is 25.2 Å². The van der Waals surface area contributed by atoms with Gasteiger partial charge in [0.05, 0.1) is 6.61 Å². The lowest BCUT2D eigenvalue weighted by atomic mass is 10.0. The molecule has 1 heterocycles. The molecule has 1 saturated heterocycles. The maximum atomic E-state index is 9.90. The third-order valence-corrected chi connectivity index (χ3v) is 4.29. The van der Waals surface area contributed by atoms with Crippen LogP contribution in [0.2, 0.25) is 0 Å². The molecule has 4 N–H and O–H groups in total. The van der Waals surface area contributed by atoms with Crippen LogP contribution >= 0.6 is 11.8 Å². The Morgan fingerprint density at radius 3 is 2.26 bits per heavy atom. The molecule has 6 heteroatoms. The molecule has 0 radical (unpaired) electrons. The standard InChI is InChI=1S/C13H18O5S/c1-7-2-4-8(5-3-7)19-13-12(17)11(16)10(15)9(6-14)18-13/h2-5,9-17H,6H2,1H3/t9?,10-,11?,12?,13-/m0/s1. The first-order valence-electron chi connectivity index (χ1n) is 6.07. The van der Waals surface area contributed by atoms with E-state index in [-0.39, 0.29) is 0 Å². The third kappa shape index (κ3) is 3.28. The van der Waals surface area contributed by atoms with Crippen LogP contribution < -0.4 is 0 Å². The monoisotopic (exact) mass is 286 g/mol. The van der Waals surface area contributed by atoms with Crippen molar-refractivity contribution in [3.63, 3.8) is 0 Å². The number of ether oxygens (including phenoxy) is 1. The van der Waals surface area contributed by atoms with E-state index < -0.39 is 36.5 Å². The minimum atomic E-state index is -1.33. The van der Waals surface area contributed by atoms with Gasteiger partial charge in [0.25, 0.3) is 0 Å². The molecule has 0 bridgehead atoms. The normalized spacial score (nSPS) is 35.3. The van der Waals surface area contributed by atoms with E-state index in [2.05, 4.69) is 0 Å². The van der Waals surface area contributed by atoms with Crippen LogP contribution in [0.4, 0.5) is 0 Å². The fourth-order valence-electron chi connectivity index (χ4n) is 1.92. The predicted molar refractivity (Wildman–Crippen MR) is 70.8 cm³/mol. The molecule has 1 aliphatic rings. The quantitative estimate of drug-likeness (QED) is 0.620. The summed E-state index contributed by atoms with van der Waals surface area (Å²) in [7, 11) is 0. The van der Waals surface area contributed by atoms with Gasteiger partial charge in [-0.2, -0.15) is 0 Å². The molecule has 0 aromatic heterocycles. The number of hydrogen-bond acceptors (Lipinski definition) is 6. The highest BCUT2D eigenvalue weighted by molar-refractivity contribution is 7.99. The fourth-order valence-corrected chi connectivity index (χ4v) is 2.98. The first-order valence-corrected chi connectivity index (χ1v) is 6.94. The van der Waals surface area contributed by atoms with E-state index in [9.17, 15) is 15.3 Å². The van der Waals surface area contributed by atoms with Crippen molar-refractivity contribution in [2.24, 2.45) is 0 Å². The number of hydrogen-bond donors (Lipinski definition) is 4. The van der Waals surface area contributed by atoms with Crippen LogP contribution in [0.3, 0.4) is 0 Å². The summed E-state index contributed by atoms with van der Waals surface area (Å²) in [5.41, 5.74) is 0.399. The number of aliphatic hydroxyl groups is 4. The molecule has 0 spiro atoms. The van der Waals surface area contributed by atoms with Gasteiger partial charge in [0.2, 0.25) is 0 Å². The number of benzene rings is 1. The molecule has 1 aromatic carbocycles. The van der Waals surface area contributed by atoms with E-state index in [0.717, 1.165) is 10.5 Å². The summed E-state index contributed by atoms with van der Waals surface area (Å²) in [6.45, 7) is 1.57. The Labute approximate surface area is 115 Å². The molecule has 1 fully saturated rings. The molecular formula is C13H18O5S. The molecule has 0 saturated carbocycles. The number of aliphatic hydroxyl groups excluding tert-OH is 4. The number of aryl methyl sites for hydroxylation is 1. The third-order valence-electron chi connectivity index (χ3n) is 3.12. The largest absolute Gasteiger partial charge is 0.394 e. The van der Waals surface area contributed by atoms with Crippen molar-refractivity contribution in [1.82, 2.24) is 0 Å². The van der Waals surface area contributed by atoms with Crippen molar-refractivity contribution in [1.29, 1.82) is 0 Å². The van der Waals surface area contributed by atoms with E-state index in [1.807, 2.05) is 31.2 Å². The van der Waals surface area contributed by atoms with Crippen molar-refractivity contribution in [3.05, 3.63) is 29.8 Å². The first-order chi connectivity index (χ1) is 9.02. The summed E-state index contributed by atoms with van der Waals surface area (Å²) in [4.78, 5) is 0.884. The summed E-state index contributed by atoms with van der Waals surface area (Å²) in [5.74, 6) is 0. The maximum absolute atomic E-state index is 9.90. The van der Waals surface area contributed by atoms with Crippen LogP contribution in [0.1, 0.15) is 5.56 Å². The molecular weight excluding hydrogens is 268 g/mol. The van der Waals surface area contributed by atoms with Crippen LogP contribution in [0.5, 0.6) is 0 Å². The topological polar surface area (TPSA) is 90.2 Å². The first kappa shape index (κ1) is 14.8. The van der Waals surface area contributed by atoms with Gasteiger partial charge in [0.15, 0.2) is 0 Å². The summed E-state index contributed by atoms with van der Waals surface area (Å²) in [6.07, 6.45) is -4.70. The van der Waals surface area contributed by atoms with E-state index in [1.165, 1.54) is 11.8 Å². The minimum absolute atomic E-state index is 0.407. The second-order valence-electron chi connectivity index (χ2n) is 4.63. The molecule has 3 unspecified atom stereocenters. The Morgan fingerprint density at radius 2 is 1.68 bits per heavy atom. The summed E-state index contributed by atoms with van der Waals surface area (Å²) >= 11 is 1.25. The van der Waals surface area contributed by atoms with Crippen LogP contribution in [0.25, 0.3) is 0 Å². The van der Waals surface area contributed by atoms with E-state index >= 15 is 0 Å². The molecule has 5 atom stereocenters. The Hall–Kier alpha value is -0.630. The Balaban J connectivity index is 2.08. The molecule has 0 amide bonds. The average molecular weight is 286 g/mol. The Morgan fingerprint density at radius 1 is 1.05 bits per heavy atom. The van der Waals surface area contributed by atoms with Crippen molar-refractivity contribution in [2.75, 3.05) is 6.61 Å². The minimum Gasteiger partial charge on any atom is -0.394 e. The lowest BCUT2D eigenvalue weighted by Gasteiger charge is -2.39. The van der Waals surface area contributed by atoms with Gasteiger partial charge in [-0.3, -0.25) is 0 Å². The van der Waals surface area contributed by atoms with Crippen LogP contribution in [0, 0.1) is 6.92 Å². The highest BCUT2D eigenvalue weighted by atomic mass is 32.2. The van der Waals surface area contributed by atoms with Crippen molar-refractivity contribution < 1.29 is 25.2 Å². The zero-order valence-electron chi connectivity index (χ0n) is 10.5. The van der Waals surface area contributed by atoms with E-state index in [1.54, 1.807) is 0 Å². The van der Waals surface area contributed by atoms with Gasteiger partial charge in [0, 0.05) is 4.90 Å². The predicted octanol–water partition coefficient (Wildman–Crippen LogP) is -0.113. The van der Waals surface area contributed by atoms with Gasteiger partial charge >= 0.3 is 0 Å². The zero-order chi connectivity index (χ0) is 14.0. The van der Waals surface area contributed by atoms with E-state index in [4.69, 9.17) is 9.84 Å². The zero-order valence-corrected chi connectivity index (χ0v) is 11.3. The van der Waals surface area contributed by atoms with Gasteiger partial charge in [-0.05, 0) is 19.1 Å². The average Bonchev–Trinajstić information content (AvgIpc) is 2.42. The van der Waals surface area contributed by atoms with Crippen molar-refractivity contribution >= 4 is 11.8 Å². The molecule has 5 nitrogen and oxygen atoms in total. The van der Waals surface area contributed by atoms with E-state index in [0.29, 0.717) is 0 Å². The van der Waals surface area contributed by atoms with Gasteiger partial charge in [-0.25, -0.2) is 0 Å². The Kier molecular flexibility index (Phi) is 4.83. The van der Waals surface area contributed by atoms with Crippen molar-refractivity contribution in [2.45, 2.75) is 41.7 Å². The molecule has 0 aliphatic carbocycles. The molecule has 1 aliphatic heterocycles. The Bertz CT molecular complexity index is 408. The molecule has 106 valence electrons. The van der Waals surface area contributed by atoms with Gasteiger partial charge in [-0.15, -0.1) is 0 Å². The SMILES string of the molecule is Cc1ccc(S[C@@H]2OC(CO)[C@H](O)C(O)C2O)cc1. The summed E-state index contributed by atoms with van der Waals surface area (Å²) in [5, 5.41) is 38.4. The highest BCUT2D eigenvalue weighted by Gasteiger charge is 2.43. The van der Waals surface area contributed by atoms with Crippen LogP contribution in [0.15, 0.2) is 29.2 Å². The van der Waals surface area contributed by atoms with Crippen LogP contribution in [-0.2, 0) is 4.74 Å².